The van der Waals surface area contributed by atoms with Crippen LogP contribution >= 0.6 is 0 Å². The molecule has 0 spiro atoms. The maximum absolute atomic E-state index is 2.78. The predicted molar refractivity (Wildman–Crippen MR) is 67.4 cm³/mol. The molecule has 1 nitrogen and oxygen atoms in total. The Kier molecular flexibility index (Phi) is 2.96. The molecule has 1 aromatic rings. The van der Waals surface area contributed by atoms with Gasteiger partial charge < -0.3 is 0 Å². The van der Waals surface area contributed by atoms with Gasteiger partial charge >= 0.3 is 0 Å². The molecular formula is C15H21N. The van der Waals surface area contributed by atoms with Crippen LogP contribution in [0.1, 0.15) is 50.1 Å². The molecule has 86 valence electrons. The van der Waals surface area contributed by atoms with E-state index < -0.39 is 0 Å². The summed E-state index contributed by atoms with van der Waals surface area (Å²) in [7, 11) is 0. The zero-order valence-corrected chi connectivity index (χ0v) is 9.94. The summed E-state index contributed by atoms with van der Waals surface area (Å²) in [5.41, 5.74) is 1.54. The van der Waals surface area contributed by atoms with Gasteiger partial charge in [-0.15, -0.1) is 0 Å². The fraction of sp³-hybridized carbons (Fsp3) is 0.600. The molecule has 1 heteroatoms. The zero-order chi connectivity index (χ0) is 10.8. The SMILES string of the molecule is c1ccc([C@@H]2CCC[C@@H]3CCCCN32)cc1. The van der Waals surface area contributed by atoms with Gasteiger partial charge in [0.2, 0.25) is 0 Å². The molecule has 2 saturated heterocycles. The molecule has 1 aromatic carbocycles. The van der Waals surface area contributed by atoms with Crippen LogP contribution in [0.2, 0.25) is 0 Å². The van der Waals surface area contributed by atoms with Crippen LogP contribution in [0.4, 0.5) is 0 Å². The van der Waals surface area contributed by atoms with Crippen LogP contribution < -0.4 is 0 Å². The molecule has 2 atom stereocenters. The Morgan fingerprint density at radius 2 is 1.69 bits per heavy atom. The van der Waals surface area contributed by atoms with E-state index in [1.807, 2.05) is 0 Å². The second kappa shape index (κ2) is 4.58. The first-order valence-electron chi connectivity index (χ1n) is 6.76. The first kappa shape index (κ1) is 10.3. The van der Waals surface area contributed by atoms with Crippen molar-refractivity contribution in [3.63, 3.8) is 0 Å². The minimum Gasteiger partial charge on any atom is -0.293 e. The molecule has 16 heavy (non-hydrogen) atoms. The zero-order valence-electron chi connectivity index (χ0n) is 9.94. The van der Waals surface area contributed by atoms with Crippen LogP contribution in [0, 0.1) is 0 Å². The van der Waals surface area contributed by atoms with Gasteiger partial charge in [0.05, 0.1) is 0 Å². The average Bonchev–Trinajstić information content (AvgIpc) is 2.39. The lowest BCUT2D eigenvalue weighted by atomic mass is 9.86. The highest BCUT2D eigenvalue weighted by Gasteiger charge is 2.32. The molecule has 2 aliphatic rings. The Labute approximate surface area is 98.5 Å². The Bertz CT molecular complexity index is 331. The maximum Gasteiger partial charge on any atom is 0.0351 e. The highest BCUT2D eigenvalue weighted by molar-refractivity contribution is 5.20. The van der Waals surface area contributed by atoms with Gasteiger partial charge in [0.25, 0.3) is 0 Å². The number of hydrogen-bond donors (Lipinski definition) is 0. The first-order valence-corrected chi connectivity index (χ1v) is 6.76. The Morgan fingerprint density at radius 1 is 0.875 bits per heavy atom. The lowest BCUT2D eigenvalue weighted by Gasteiger charge is -2.45. The van der Waals surface area contributed by atoms with Gasteiger partial charge in [0.15, 0.2) is 0 Å². The summed E-state index contributed by atoms with van der Waals surface area (Å²) in [5, 5.41) is 0. The van der Waals surface area contributed by atoms with Gasteiger partial charge in [-0.3, -0.25) is 4.90 Å². The summed E-state index contributed by atoms with van der Waals surface area (Å²) in [4.78, 5) is 2.78. The van der Waals surface area contributed by atoms with Crippen LogP contribution in [0.25, 0.3) is 0 Å². The molecule has 0 radical (unpaired) electrons. The van der Waals surface area contributed by atoms with Crippen molar-refractivity contribution in [2.24, 2.45) is 0 Å². The van der Waals surface area contributed by atoms with Crippen molar-refractivity contribution < 1.29 is 0 Å². The van der Waals surface area contributed by atoms with Crippen molar-refractivity contribution in [1.82, 2.24) is 4.90 Å². The monoisotopic (exact) mass is 215 g/mol. The first-order chi connectivity index (χ1) is 7.95. The van der Waals surface area contributed by atoms with Crippen molar-refractivity contribution in [1.29, 1.82) is 0 Å². The van der Waals surface area contributed by atoms with E-state index in [0.29, 0.717) is 6.04 Å². The number of fused-ring (bicyclic) bond motifs is 1. The smallest absolute Gasteiger partial charge is 0.0351 e. The third-order valence-corrected chi connectivity index (χ3v) is 4.27. The Morgan fingerprint density at radius 3 is 2.56 bits per heavy atom. The summed E-state index contributed by atoms with van der Waals surface area (Å²) < 4.78 is 0. The minimum absolute atomic E-state index is 0.709. The maximum atomic E-state index is 2.78. The summed E-state index contributed by atoms with van der Waals surface area (Å²) >= 11 is 0. The average molecular weight is 215 g/mol. The van der Waals surface area contributed by atoms with Crippen molar-refractivity contribution in [3.8, 4) is 0 Å². The van der Waals surface area contributed by atoms with Crippen LogP contribution in [0.15, 0.2) is 30.3 Å². The second-order valence-corrected chi connectivity index (χ2v) is 5.24. The largest absolute Gasteiger partial charge is 0.293 e. The lowest BCUT2D eigenvalue weighted by molar-refractivity contribution is 0.0518. The van der Waals surface area contributed by atoms with Crippen molar-refractivity contribution in [2.75, 3.05) is 6.54 Å². The van der Waals surface area contributed by atoms with E-state index in [1.54, 1.807) is 0 Å². The molecule has 0 bridgehead atoms. The number of hydrogen-bond acceptors (Lipinski definition) is 1. The van der Waals surface area contributed by atoms with E-state index in [9.17, 15) is 0 Å². The van der Waals surface area contributed by atoms with Gasteiger partial charge in [0.1, 0.15) is 0 Å². The summed E-state index contributed by atoms with van der Waals surface area (Å²) in [6.45, 7) is 1.32. The van der Waals surface area contributed by atoms with Crippen molar-refractivity contribution >= 4 is 0 Å². The lowest BCUT2D eigenvalue weighted by Crippen LogP contribution is -2.44. The molecule has 2 fully saturated rings. The minimum atomic E-state index is 0.709. The van der Waals surface area contributed by atoms with Gasteiger partial charge in [0, 0.05) is 12.1 Å². The van der Waals surface area contributed by atoms with Gasteiger partial charge in [-0.1, -0.05) is 36.8 Å². The molecular weight excluding hydrogens is 194 g/mol. The third kappa shape index (κ3) is 1.89. The summed E-state index contributed by atoms with van der Waals surface area (Å²) in [5.74, 6) is 0. The van der Waals surface area contributed by atoms with E-state index in [4.69, 9.17) is 0 Å². The van der Waals surface area contributed by atoms with Crippen LogP contribution in [-0.2, 0) is 0 Å². The number of rotatable bonds is 1. The van der Waals surface area contributed by atoms with E-state index in [1.165, 1.54) is 50.6 Å². The van der Waals surface area contributed by atoms with E-state index in [0.717, 1.165) is 6.04 Å². The van der Waals surface area contributed by atoms with E-state index >= 15 is 0 Å². The highest BCUT2D eigenvalue weighted by atomic mass is 15.2. The molecule has 2 heterocycles. The van der Waals surface area contributed by atoms with Crippen LogP contribution in [0.5, 0.6) is 0 Å². The molecule has 3 rings (SSSR count). The van der Waals surface area contributed by atoms with Gasteiger partial charge in [-0.2, -0.15) is 0 Å². The quantitative estimate of drug-likeness (QED) is 0.689. The molecule has 0 aromatic heterocycles. The molecule has 0 aliphatic carbocycles. The molecule has 0 saturated carbocycles. The topological polar surface area (TPSA) is 3.24 Å². The van der Waals surface area contributed by atoms with E-state index in [2.05, 4.69) is 35.2 Å². The summed E-state index contributed by atoms with van der Waals surface area (Å²) in [6, 6.07) is 12.7. The molecule has 0 amide bonds. The fourth-order valence-corrected chi connectivity index (χ4v) is 3.49. The van der Waals surface area contributed by atoms with Gasteiger partial charge in [-0.05, 0) is 44.2 Å². The normalized spacial score (nSPS) is 31.0. The highest BCUT2D eigenvalue weighted by Crippen LogP contribution is 2.38. The molecule has 0 unspecified atom stereocenters. The fourth-order valence-electron chi connectivity index (χ4n) is 3.49. The predicted octanol–water partition coefficient (Wildman–Crippen LogP) is 3.77. The van der Waals surface area contributed by atoms with Crippen LogP contribution in [0.3, 0.4) is 0 Å². The standard InChI is InChI=1S/C15H21N/c1-2-7-13(8-3-1)15-11-6-10-14-9-4-5-12-16(14)15/h1-3,7-8,14-15H,4-6,9-12H2/t14-,15-/m0/s1. The third-order valence-electron chi connectivity index (χ3n) is 4.27. The summed E-state index contributed by atoms with van der Waals surface area (Å²) in [6.07, 6.45) is 8.50. The second-order valence-electron chi connectivity index (χ2n) is 5.24. The number of piperidine rings is 2. The van der Waals surface area contributed by atoms with Crippen LogP contribution in [-0.4, -0.2) is 17.5 Å². The number of benzene rings is 1. The van der Waals surface area contributed by atoms with Gasteiger partial charge in [-0.25, -0.2) is 0 Å². The number of nitrogens with zero attached hydrogens (tertiary/aromatic N) is 1. The van der Waals surface area contributed by atoms with E-state index in [-0.39, 0.29) is 0 Å². The Hall–Kier alpha value is -0.820. The molecule has 0 N–H and O–H groups in total. The van der Waals surface area contributed by atoms with Crippen molar-refractivity contribution in [2.45, 2.75) is 50.6 Å². The molecule has 2 aliphatic heterocycles. The Balaban J connectivity index is 1.83. The van der Waals surface area contributed by atoms with Crippen molar-refractivity contribution in [3.05, 3.63) is 35.9 Å².